The van der Waals surface area contributed by atoms with Crippen LogP contribution < -0.4 is 4.74 Å². The molecule has 142 valence electrons. The Kier molecular flexibility index (Phi) is 5.16. The molecule has 0 aliphatic heterocycles. The lowest BCUT2D eigenvalue weighted by molar-refractivity contribution is 0.392. The first kappa shape index (κ1) is 18.3. The molecular weight excluding hydrogens is 372 g/mol. The van der Waals surface area contributed by atoms with Gasteiger partial charge in [0.05, 0.1) is 12.8 Å². The van der Waals surface area contributed by atoms with Crippen molar-refractivity contribution in [3.05, 3.63) is 71.6 Å². The first-order valence-corrected chi connectivity index (χ1v) is 9.85. The molecule has 4 aromatic rings. The normalized spacial score (nSPS) is 11.0. The van der Waals surface area contributed by atoms with Crippen molar-refractivity contribution in [1.82, 2.24) is 19.9 Å². The van der Waals surface area contributed by atoms with Crippen LogP contribution in [0.2, 0.25) is 0 Å². The Morgan fingerprint density at radius 3 is 2.39 bits per heavy atom. The minimum Gasteiger partial charge on any atom is -0.497 e. The second-order valence-corrected chi connectivity index (χ2v) is 7.24. The standard InChI is InChI=1S/C21H20N4O2S/c1-14-19(15(2)27-24-14)13-28-21-23-22-20(16-9-11-18(26-3)12-10-16)25(21)17-7-5-4-6-8-17/h4-12H,13H2,1-3H3. The minimum atomic E-state index is 0.717. The van der Waals surface area contributed by atoms with Crippen molar-refractivity contribution in [2.24, 2.45) is 0 Å². The van der Waals surface area contributed by atoms with E-state index in [1.165, 1.54) is 0 Å². The molecule has 0 saturated heterocycles. The van der Waals surface area contributed by atoms with Crippen LogP contribution in [0.5, 0.6) is 5.75 Å². The number of hydrogen-bond donors (Lipinski definition) is 0. The fraction of sp³-hybridized carbons (Fsp3) is 0.190. The van der Waals surface area contributed by atoms with Crippen molar-refractivity contribution in [3.8, 4) is 22.8 Å². The molecule has 6 nitrogen and oxygen atoms in total. The van der Waals surface area contributed by atoms with Crippen molar-refractivity contribution in [3.63, 3.8) is 0 Å². The number of aryl methyl sites for hydroxylation is 2. The molecule has 0 spiro atoms. The molecule has 28 heavy (non-hydrogen) atoms. The van der Waals surface area contributed by atoms with Crippen LogP contribution in [0.4, 0.5) is 0 Å². The molecule has 2 heterocycles. The molecule has 0 N–H and O–H groups in total. The van der Waals surface area contributed by atoms with Gasteiger partial charge in [-0.05, 0) is 50.2 Å². The molecule has 0 radical (unpaired) electrons. The number of hydrogen-bond acceptors (Lipinski definition) is 6. The number of ether oxygens (including phenoxy) is 1. The van der Waals surface area contributed by atoms with Gasteiger partial charge in [0.15, 0.2) is 11.0 Å². The topological polar surface area (TPSA) is 66.0 Å². The van der Waals surface area contributed by atoms with E-state index in [-0.39, 0.29) is 0 Å². The van der Waals surface area contributed by atoms with E-state index in [9.17, 15) is 0 Å². The Morgan fingerprint density at radius 1 is 1.00 bits per heavy atom. The van der Waals surface area contributed by atoms with Crippen LogP contribution >= 0.6 is 11.8 Å². The SMILES string of the molecule is COc1ccc(-c2nnc(SCc3c(C)noc3C)n2-c2ccccc2)cc1. The monoisotopic (exact) mass is 392 g/mol. The average Bonchev–Trinajstić information content (AvgIpc) is 3.30. The quantitative estimate of drug-likeness (QED) is 0.438. The maximum absolute atomic E-state index is 5.28. The van der Waals surface area contributed by atoms with E-state index < -0.39 is 0 Å². The number of methoxy groups -OCH3 is 1. The van der Waals surface area contributed by atoms with Gasteiger partial charge in [-0.2, -0.15) is 0 Å². The largest absolute Gasteiger partial charge is 0.497 e. The summed E-state index contributed by atoms with van der Waals surface area (Å²) in [6.07, 6.45) is 0. The molecule has 2 aromatic carbocycles. The molecular formula is C21H20N4O2S. The van der Waals surface area contributed by atoms with Crippen LogP contribution in [0, 0.1) is 13.8 Å². The zero-order valence-corrected chi connectivity index (χ0v) is 16.7. The number of nitrogens with zero attached hydrogens (tertiary/aromatic N) is 4. The molecule has 0 fully saturated rings. The summed E-state index contributed by atoms with van der Waals surface area (Å²) in [5.41, 5.74) is 3.99. The minimum absolute atomic E-state index is 0.717. The van der Waals surface area contributed by atoms with Gasteiger partial charge in [0.2, 0.25) is 0 Å². The van der Waals surface area contributed by atoms with E-state index in [0.717, 1.165) is 50.8 Å². The predicted molar refractivity (Wildman–Crippen MR) is 109 cm³/mol. The highest BCUT2D eigenvalue weighted by atomic mass is 32.2. The highest BCUT2D eigenvalue weighted by Gasteiger charge is 2.18. The lowest BCUT2D eigenvalue weighted by atomic mass is 10.2. The van der Waals surface area contributed by atoms with E-state index in [1.807, 2.05) is 56.3 Å². The van der Waals surface area contributed by atoms with Gasteiger partial charge in [-0.15, -0.1) is 10.2 Å². The van der Waals surface area contributed by atoms with E-state index in [2.05, 4.69) is 32.1 Å². The first-order valence-electron chi connectivity index (χ1n) is 8.87. The van der Waals surface area contributed by atoms with Crippen LogP contribution in [-0.2, 0) is 5.75 Å². The number of para-hydroxylation sites is 1. The Hall–Kier alpha value is -3.06. The van der Waals surface area contributed by atoms with Crippen molar-refractivity contribution >= 4 is 11.8 Å². The summed E-state index contributed by atoms with van der Waals surface area (Å²) in [5.74, 6) is 3.15. The zero-order valence-electron chi connectivity index (χ0n) is 15.9. The summed E-state index contributed by atoms with van der Waals surface area (Å²) in [4.78, 5) is 0. The Labute approximate surface area is 167 Å². The number of benzene rings is 2. The third kappa shape index (κ3) is 3.53. The maximum Gasteiger partial charge on any atom is 0.196 e. The van der Waals surface area contributed by atoms with E-state index in [1.54, 1.807) is 18.9 Å². The van der Waals surface area contributed by atoms with Gasteiger partial charge in [-0.25, -0.2) is 0 Å². The number of thioether (sulfide) groups is 1. The van der Waals surface area contributed by atoms with Gasteiger partial charge < -0.3 is 9.26 Å². The third-order valence-electron chi connectivity index (χ3n) is 4.52. The van der Waals surface area contributed by atoms with Gasteiger partial charge >= 0.3 is 0 Å². The summed E-state index contributed by atoms with van der Waals surface area (Å²) < 4.78 is 12.6. The van der Waals surface area contributed by atoms with Crippen LogP contribution in [0.15, 0.2) is 64.3 Å². The van der Waals surface area contributed by atoms with Gasteiger partial charge in [0, 0.05) is 22.6 Å². The molecule has 0 unspecified atom stereocenters. The van der Waals surface area contributed by atoms with Crippen molar-refractivity contribution in [1.29, 1.82) is 0 Å². The van der Waals surface area contributed by atoms with Gasteiger partial charge in [-0.3, -0.25) is 4.57 Å². The molecule has 2 aromatic heterocycles. The molecule has 0 aliphatic rings. The molecule has 0 amide bonds. The van der Waals surface area contributed by atoms with Crippen LogP contribution in [0.1, 0.15) is 17.0 Å². The Morgan fingerprint density at radius 2 is 1.75 bits per heavy atom. The summed E-state index contributed by atoms with van der Waals surface area (Å²) in [6.45, 7) is 3.89. The molecule has 0 aliphatic carbocycles. The fourth-order valence-electron chi connectivity index (χ4n) is 2.94. The molecule has 4 rings (SSSR count). The molecule has 0 saturated carbocycles. The predicted octanol–water partition coefficient (Wildman–Crippen LogP) is 4.84. The van der Waals surface area contributed by atoms with Gasteiger partial charge in [0.1, 0.15) is 11.5 Å². The molecule has 0 atom stereocenters. The van der Waals surface area contributed by atoms with Crippen LogP contribution in [0.25, 0.3) is 17.1 Å². The van der Waals surface area contributed by atoms with Crippen LogP contribution in [0.3, 0.4) is 0 Å². The average molecular weight is 392 g/mol. The lowest BCUT2D eigenvalue weighted by Crippen LogP contribution is -2.00. The van der Waals surface area contributed by atoms with E-state index in [0.29, 0.717) is 0 Å². The van der Waals surface area contributed by atoms with Crippen molar-refractivity contribution in [2.75, 3.05) is 7.11 Å². The molecule has 7 heteroatoms. The van der Waals surface area contributed by atoms with Gasteiger partial charge in [0.25, 0.3) is 0 Å². The molecule has 0 bridgehead atoms. The van der Waals surface area contributed by atoms with Crippen molar-refractivity contribution in [2.45, 2.75) is 24.8 Å². The van der Waals surface area contributed by atoms with E-state index in [4.69, 9.17) is 9.26 Å². The van der Waals surface area contributed by atoms with E-state index >= 15 is 0 Å². The van der Waals surface area contributed by atoms with Gasteiger partial charge in [-0.1, -0.05) is 35.1 Å². The van der Waals surface area contributed by atoms with Crippen LogP contribution in [-0.4, -0.2) is 27.0 Å². The zero-order chi connectivity index (χ0) is 19.5. The Bertz CT molecular complexity index is 1050. The second-order valence-electron chi connectivity index (χ2n) is 6.30. The Balaban J connectivity index is 1.73. The second kappa shape index (κ2) is 7.90. The highest BCUT2D eigenvalue weighted by Crippen LogP contribution is 2.31. The smallest absolute Gasteiger partial charge is 0.196 e. The summed E-state index contributed by atoms with van der Waals surface area (Å²) in [7, 11) is 1.66. The number of aromatic nitrogens is 4. The lowest BCUT2D eigenvalue weighted by Gasteiger charge is -2.10. The summed E-state index contributed by atoms with van der Waals surface area (Å²) in [5, 5.41) is 13.8. The fourth-order valence-corrected chi connectivity index (χ4v) is 4.05. The summed E-state index contributed by atoms with van der Waals surface area (Å²) in [6, 6.07) is 18.0. The summed E-state index contributed by atoms with van der Waals surface area (Å²) >= 11 is 1.62. The van der Waals surface area contributed by atoms with Crippen molar-refractivity contribution < 1.29 is 9.26 Å². The maximum atomic E-state index is 5.28. The number of rotatable bonds is 6. The third-order valence-corrected chi connectivity index (χ3v) is 5.48. The highest BCUT2D eigenvalue weighted by molar-refractivity contribution is 7.98. The first-order chi connectivity index (χ1) is 13.7.